The number of likely N-dealkylation sites (N-methyl/N-ethyl adjacent to an activating group) is 1. The van der Waals surface area contributed by atoms with Crippen LogP contribution in [0, 0.1) is 18.2 Å². The van der Waals surface area contributed by atoms with Gasteiger partial charge in [0.1, 0.15) is 11.5 Å². The summed E-state index contributed by atoms with van der Waals surface area (Å²) in [5, 5.41) is 3.14. The second-order valence-corrected chi connectivity index (χ2v) is 12.8. The molecule has 7 rings (SSSR count). The lowest BCUT2D eigenvalue weighted by atomic mass is 9.86. The molecule has 198 valence electrons. The molecule has 1 amide bonds. The molecule has 1 atom stereocenters. The number of hydrogen-bond donors (Lipinski definition) is 1. The fourth-order valence-electron chi connectivity index (χ4n) is 6.69. The first-order chi connectivity index (χ1) is 18.3. The highest BCUT2D eigenvalue weighted by Gasteiger charge is 2.53. The lowest BCUT2D eigenvalue weighted by Gasteiger charge is -2.30. The van der Waals surface area contributed by atoms with E-state index in [-0.39, 0.29) is 23.0 Å². The summed E-state index contributed by atoms with van der Waals surface area (Å²) in [4.78, 5) is 34.7. The first-order valence-electron chi connectivity index (χ1n) is 13.3. The number of rotatable bonds is 4. The Labute approximate surface area is 225 Å². The zero-order valence-corrected chi connectivity index (χ0v) is 22.9. The van der Waals surface area contributed by atoms with E-state index >= 15 is 4.39 Å². The van der Waals surface area contributed by atoms with Gasteiger partial charge in [-0.05, 0) is 63.9 Å². The van der Waals surface area contributed by atoms with Crippen molar-refractivity contribution in [3.63, 3.8) is 0 Å². The van der Waals surface area contributed by atoms with E-state index in [9.17, 15) is 4.79 Å². The molecule has 6 heterocycles. The molecule has 38 heavy (non-hydrogen) atoms. The van der Waals surface area contributed by atoms with Crippen LogP contribution >= 0.6 is 11.3 Å². The number of carbonyl (C=O) groups excluding carboxylic acids is 1. The monoisotopic (exact) mass is 533 g/mol. The van der Waals surface area contributed by atoms with E-state index in [1.807, 2.05) is 26.2 Å². The van der Waals surface area contributed by atoms with Gasteiger partial charge in [0.15, 0.2) is 5.82 Å². The molecule has 3 aromatic rings. The Kier molecular flexibility index (Phi) is 5.33. The van der Waals surface area contributed by atoms with Crippen molar-refractivity contribution < 1.29 is 9.18 Å². The van der Waals surface area contributed by atoms with Gasteiger partial charge in [-0.1, -0.05) is 0 Å². The van der Waals surface area contributed by atoms with Crippen LogP contribution in [-0.2, 0) is 5.41 Å². The van der Waals surface area contributed by atoms with Crippen LogP contribution in [-0.4, -0.2) is 77.5 Å². The molecule has 0 bridgehead atoms. The van der Waals surface area contributed by atoms with E-state index in [4.69, 9.17) is 0 Å². The number of hydrogen-bond acceptors (Lipinski definition) is 8. The predicted octanol–water partition coefficient (Wildman–Crippen LogP) is 4.44. The van der Waals surface area contributed by atoms with Gasteiger partial charge in [-0.3, -0.25) is 4.79 Å². The van der Waals surface area contributed by atoms with E-state index in [2.05, 4.69) is 43.2 Å². The van der Waals surface area contributed by atoms with E-state index in [1.165, 1.54) is 43.5 Å². The van der Waals surface area contributed by atoms with E-state index < -0.39 is 5.82 Å². The Morgan fingerprint density at radius 1 is 1.03 bits per heavy atom. The molecule has 3 fully saturated rings. The number of pyridine rings is 1. The summed E-state index contributed by atoms with van der Waals surface area (Å²) in [6.45, 7) is 7.10. The fraction of sp³-hybridized carbons (Fsp3) is 0.500. The molecule has 4 aliphatic rings. The van der Waals surface area contributed by atoms with Crippen LogP contribution in [0.15, 0.2) is 24.5 Å². The van der Waals surface area contributed by atoms with Gasteiger partial charge in [0, 0.05) is 48.9 Å². The minimum absolute atomic E-state index is 0.0125. The van der Waals surface area contributed by atoms with Gasteiger partial charge in [-0.2, -0.15) is 0 Å². The minimum atomic E-state index is -0.494. The van der Waals surface area contributed by atoms with Crippen LogP contribution in [0.2, 0.25) is 0 Å². The van der Waals surface area contributed by atoms with Gasteiger partial charge in [-0.25, -0.2) is 19.3 Å². The number of aromatic nitrogens is 3. The van der Waals surface area contributed by atoms with Crippen molar-refractivity contribution in [2.24, 2.45) is 5.41 Å². The average molecular weight is 534 g/mol. The molecule has 2 spiro atoms. The van der Waals surface area contributed by atoms with Gasteiger partial charge in [0.2, 0.25) is 5.95 Å². The maximum absolute atomic E-state index is 15.0. The highest BCUT2D eigenvalue weighted by atomic mass is 32.1. The molecule has 1 unspecified atom stereocenters. The first-order valence-corrected chi connectivity index (χ1v) is 14.2. The van der Waals surface area contributed by atoms with Gasteiger partial charge in [-0.15, -0.1) is 11.3 Å². The van der Waals surface area contributed by atoms with Crippen molar-refractivity contribution in [3.05, 3.63) is 46.3 Å². The molecule has 0 radical (unpaired) electrons. The Balaban J connectivity index is 1.12. The molecule has 1 saturated carbocycles. The van der Waals surface area contributed by atoms with Crippen LogP contribution in [0.1, 0.15) is 46.5 Å². The van der Waals surface area contributed by atoms with Crippen molar-refractivity contribution in [1.82, 2.24) is 24.8 Å². The Bertz CT molecular complexity index is 1440. The molecule has 2 saturated heterocycles. The molecule has 1 aliphatic carbocycles. The number of thiophene rings is 1. The molecule has 10 heteroatoms. The predicted molar refractivity (Wildman–Crippen MR) is 147 cm³/mol. The summed E-state index contributed by atoms with van der Waals surface area (Å²) < 4.78 is 15.0. The number of carbonyl (C=O) groups is 1. The van der Waals surface area contributed by atoms with E-state index in [1.54, 1.807) is 4.90 Å². The number of nitrogens with zero attached hydrogens (tertiary/aromatic N) is 6. The Morgan fingerprint density at radius 2 is 1.84 bits per heavy atom. The highest BCUT2D eigenvalue weighted by molar-refractivity contribution is 7.16. The molecule has 1 N–H and O–H groups in total. The van der Waals surface area contributed by atoms with Crippen molar-refractivity contribution in [2.45, 2.75) is 38.0 Å². The van der Waals surface area contributed by atoms with Crippen molar-refractivity contribution in [1.29, 1.82) is 0 Å². The largest absolute Gasteiger partial charge is 0.370 e. The number of nitrogens with one attached hydrogen (secondary N) is 1. The summed E-state index contributed by atoms with van der Waals surface area (Å²) in [5.41, 5.74) is 3.31. The van der Waals surface area contributed by atoms with Gasteiger partial charge >= 0.3 is 0 Å². The fourth-order valence-corrected chi connectivity index (χ4v) is 8.22. The van der Waals surface area contributed by atoms with E-state index in [0.29, 0.717) is 16.1 Å². The molecular formula is C28H32FN7OS. The van der Waals surface area contributed by atoms with Gasteiger partial charge in [0.05, 0.1) is 28.5 Å². The lowest BCUT2D eigenvalue weighted by Crippen LogP contribution is -2.40. The van der Waals surface area contributed by atoms with Crippen LogP contribution < -0.4 is 10.2 Å². The summed E-state index contributed by atoms with van der Waals surface area (Å²) >= 11 is 1.51. The number of halogens is 1. The van der Waals surface area contributed by atoms with E-state index in [0.717, 1.165) is 54.2 Å². The third-order valence-corrected chi connectivity index (χ3v) is 10.5. The lowest BCUT2D eigenvalue weighted by molar-refractivity contribution is 0.0760. The summed E-state index contributed by atoms with van der Waals surface area (Å²) in [5.74, 6) is 0.410. The van der Waals surface area contributed by atoms with Crippen LogP contribution in [0.25, 0.3) is 10.6 Å². The Hall–Kier alpha value is -3.11. The maximum Gasteiger partial charge on any atom is 0.255 e. The quantitative estimate of drug-likeness (QED) is 0.531. The highest BCUT2D eigenvalue weighted by Crippen LogP contribution is 2.57. The van der Waals surface area contributed by atoms with Gasteiger partial charge in [0.25, 0.3) is 5.91 Å². The number of anilines is 3. The van der Waals surface area contributed by atoms with Crippen molar-refractivity contribution in [2.75, 3.05) is 57.0 Å². The summed E-state index contributed by atoms with van der Waals surface area (Å²) in [6.07, 6.45) is 7.69. The molecular weight excluding hydrogens is 501 g/mol. The number of amides is 1. The third-order valence-electron chi connectivity index (χ3n) is 8.96. The van der Waals surface area contributed by atoms with Crippen molar-refractivity contribution in [3.8, 4) is 10.6 Å². The van der Waals surface area contributed by atoms with Crippen LogP contribution in [0.5, 0.6) is 0 Å². The number of likely N-dealkylation sites (tertiary alicyclic amines) is 1. The standard InChI is InChI=1S/C28H32FN7OS/c1-17-21-24(28(6-7-28)16-35(3)25(21)37)38-23(17)22-19(29)13-31-26(33-22)32-20-5-4-18(12-30-20)36-11-9-27(15-36)8-10-34(2)14-27/h4-5,12-13H,6-11,14-16H2,1-3H3,(H,30,31,32,33). The normalized spacial score (nSPS) is 24.1. The van der Waals surface area contributed by atoms with Crippen LogP contribution in [0.3, 0.4) is 0 Å². The zero-order chi connectivity index (χ0) is 26.2. The first kappa shape index (κ1) is 24.0. The SMILES string of the molecule is Cc1c(-c2nc(Nc3ccc(N4CCC5(CCN(C)C5)C4)cn3)ncc2F)sc2c1C(=O)N(C)CC21CC1. The molecule has 3 aromatic heterocycles. The zero-order valence-electron chi connectivity index (χ0n) is 22.1. The Morgan fingerprint density at radius 3 is 2.55 bits per heavy atom. The average Bonchev–Trinajstić information content (AvgIpc) is 3.21. The molecule has 8 nitrogen and oxygen atoms in total. The van der Waals surface area contributed by atoms with Crippen LogP contribution in [0.4, 0.5) is 21.8 Å². The van der Waals surface area contributed by atoms with Gasteiger partial charge < -0.3 is 20.0 Å². The summed E-state index contributed by atoms with van der Waals surface area (Å²) in [7, 11) is 4.06. The smallest absolute Gasteiger partial charge is 0.255 e. The second kappa shape index (κ2) is 8.44. The topological polar surface area (TPSA) is 77.5 Å². The maximum atomic E-state index is 15.0. The van der Waals surface area contributed by atoms with Crippen molar-refractivity contribution >= 4 is 34.7 Å². The second-order valence-electron chi connectivity index (χ2n) is 11.8. The minimum Gasteiger partial charge on any atom is -0.370 e. The summed E-state index contributed by atoms with van der Waals surface area (Å²) in [6, 6.07) is 4.00. The molecule has 0 aromatic carbocycles. The number of fused-ring (bicyclic) bond motifs is 2. The molecule has 3 aliphatic heterocycles. The third kappa shape index (κ3) is 3.79.